The van der Waals surface area contributed by atoms with E-state index in [1.807, 2.05) is 11.9 Å². The number of nitrogens with zero attached hydrogens (tertiary/aromatic N) is 2. The summed E-state index contributed by atoms with van der Waals surface area (Å²) in [4.78, 5) is 16.4. The zero-order valence-electron chi connectivity index (χ0n) is 16.2. The Labute approximate surface area is 183 Å². The zero-order chi connectivity index (χ0) is 21.0. The number of ether oxygens (including phenoxy) is 3. The number of anilines is 1. The predicted molar refractivity (Wildman–Crippen MR) is 112 cm³/mol. The van der Waals surface area contributed by atoms with Crippen LogP contribution in [-0.4, -0.2) is 61.2 Å². The number of esters is 1. The second-order valence-electron chi connectivity index (χ2n) is 7.96. The average molecular weight is 451 g/mol. The molecule has 3 aliphatic rings. The van der Waals surface area contributed by atoms with E-state index in [0.717, 1.165) is 11.3 Å². The Kier molecular flexibility index (Phi) is 4.74. The molecule has 3 heterocycles. The third kappa shape index (κ3) is 3.26. The predicted octanol–water partition coefficient (Wildman–Crippen LogP) is 3.30. The molecule has 2 aromatic carbocycles. The lowest BCUT2D eigenvalue weighted by Crippen LogP contribution is -2.63. The Balaban J connectivity index is 1.38. The summed E-state index contributed by atoms with van der Waals surface area (Å²) in [6.07, 6.45) is -0.132. The average Bonchev–Trinajstić information content (AvgIpc) is 2.95. The van der Waals surface area contributed by atoms with E-state index in [2.05, 4.69) is 4.90 Å². The van der Waals surface area contributed by atoms with Gasteiger partial charge in [-0.15, -0.1) is 0 Å². The summed E-state index contributed by atoms with van der Waals surface area (Å²) >= 11 is 12.5. The highest BCUT2D eigenvalue weighted by atomic mass is 35.5. The van der Waals surface area contributed by atoms with Crippen molar-refractivity contribution in [3.05, 3.63) is 51.5 Å². The number of hydrogen-bond donors (Lipinski definition) is 1. The maximum Gasteiger partial charge on any atom is 0.342 e. The van der Waals surface area contributed by atoms with Crippen molar-refractivity contribution in [2.75, 3.05) is 38.3 Å². The van der Waals surface area contributed by atoms with Gasteiger partial charge >= 0.3 is 5.97 Å². The molecular formula is C21H20Cl2N2O5. The second kappa shape index (κ2) is 7.20. The standard InChI is InChI=1S/C21H20Cl2N2O5/c1-24-8-14(9-24)29-20(27)15-3-2-12(4-18(15)26)7-25-17-6-13(22)5-16(23)19(17)30-21(25)10-28-11-21/h2-6,14,26H,7-11H2,1H3. The molecule has 3 aliphatic heterocycles. The van der Waals surface area contributed by atoms with Crippen molar-refractivity contribution in [3.8, 4) is 11.5 Å². The van der Waals surface area contributed by atoms with Gasteiger partial charge in [-0.1, -0.05) is 29.3 Å². The summed E-state index contributed by atoms with van der Waals surface area (Å²) in [6, 6.07) is 8.39. The van der Waals surface area contributed by atoms with Crippen LogP contribution in [0.4, 0.5) is 5.69 Å². The van der Waals surface area contributed by atoms with Gasteiger partial charge in [-0.3, -0.25) is 4.90 Å². The highest BCUT2D eigenvalue weighted by Crippen LogP contribution is 2.51. The van der Waals surface area contributed by atoms with Gasteiger partial charge in [0.1, 0.15) is 30.6 Å². The minimum absolute atomic E-state index is 0.117. The molecule has 0 radical (unpaired) electrons. The maximum atomic E-state index is 12.4. The Bertz CT molecular complexity index is 1020. The largest absolute Gasteiger partial charge is 0.507 e. The number of carbonyl (C=O) groups is 1. The van der Waals surface area contributed by atoms with Crippen molar-refractivity contribution in [3.63, 3.8) is 0 Å². The van der Waals surface area contributed by atoms with Gasteiger partial charge in [0.2, 0.25) is 5.72 Å². The van der Waals surface area contributed by atoms with Crippen molar-refractivity contribution < 1.29 is 24.1 Å². The molecule has 0 atom stereocenters. The molecule has 0 saturated carbocycles. The van der Waals surface area contributed by atoms with Crippen molar-refractivity contribution >= 4 is 34.9 Å². The Morgan fingerprint density at radius 3 is 2.67 bits per heavy atom. The number of phenolic OH excluding ortho intramolecular Hbond substituents is 1. The first-order valence-electron chi connectivity index (χ1n) is 9.59. The van der Waals surface area contributed by atoms with Crippen LogP contribution < -0.4 is 9.64 Å². The van der Waals surface area contributed by atoms with Crippen molar-refractivity contribution in [2.45, 2.75) is 18.4 Å². The molecule has 0 amide bonds. The molecule has 5 rings (SSSR count). The van der Waals surface area contributed by atoms with Crippen LogP contribution in [0.15, 0.2) is 30.3 Å². The molecule has 2 saturated heterocycles. The zero-order valence-corrected chi connectivity index (χ0v) is 17.7. The van der Waals surface area contributed by atoms with Gasteiger partial charge in [0, 0.05) is 24.7 Å². The summed E-state index contributed by atoms with van der Waals surface area (Å²) in [5.41, 5.74) is 1.07. The van der Waals surface area contributed by atoms with Crippen LogP contribution in [0.25, 0.3) is 0 Å². The Morgan fingerprint density at radius 1 is 1.27 bits per heavy atom. The number of fused-ring (bicyclic) bond motifs is 1. The molecular weight excluding hydrogens is 431 g/mol. The van der Waals surface area contributed by atoms with Gasteiger partial charge in [0.25, 0.3) is 0 Å². The van der Waals surface area contributed by atoms with E-state index in [4.69, 9.17) is 37.4 Å². The number of rotatable bonds is 4. The first-order chi connectivity index (χ1) is 14.3. The molecule has 0 bridgehead atoms. The second-order valence-corrected chi connectivity index (χ2v) is 8.81. The molecule has 0 aromatic heterocycles. The quantitative estimate of drug-likeness (QED) is 0.716. The van der Waals surface area contributed by atoms with Crippen LogP contribution in [0.5, 0.6) is 11.5 Å². The summed E-state index contributed by atoms with van der Waals surface area (Å²) in [5.74, 6) is -0.0674. The Hall–Kier alpha value is -2.19. The summed E-state index contributed by atoms with van der Waals surface area (Å²) < 4.78 is 17.0. The fourth-order valence-corrected chi connectivity index (χ4v) is 4.52. The van der Waals surface area contributed by atoms with E-state index >= 15 is 0 Å². The molecule has 9 heteroatoms. The molecule has 0 unspecified atom stereocenters. The number of aromatic hydroxyl groups is 1. The first-order valence-corrected chi connectivity index (χ1v) is 10.4. The molecule has 30 heavy (non-hydrogen) atoms. The molecule has 1 N–H and O–H groups in total. The number of benzene rings is 2. The van der Waals surface area contributed by atoms with E-state index < -0.39 is 11.7 Å². The van der Waals surface area contributed by atoms with Gasteiger partial charge < -0.3 is 24.2 Å². The third-order valence-electron chi connectivity index (χ3n) is 5.65. The highest BCUT2D eigenvalue weighted by molar-refractivity contribution is 6.36. The van der Waals surface area contributed by atoms with Crippen LogP contribution in [0.3, 0.4) is 0 Å². The van der Waals surface area contributed by atoms with E-state index in [9.17, 15) is 9.90 Å². The molecule has 158 valence electrons. The monoisotopic (exact) mass is 450 g/mol. The minimum Gasteiger partial charge on any atom is -0.507 e. The van der Waals surface area contributed by atoms with E-state index in [-0.39, 0.29) is 17.4 Å². The van der Waals surface area contributed by atoms with Crippen LogP contribution in [0, 0.1) is 0 Å². The number of hydrogen-bond acceptors (Lipinski definition) is 7. The third-order valence-corrected chi connectivity index (χ3v) is 6.14. The summed E-state index contributed by atoms with van der Waals surface area (Å²) in [6.45, 7) is 2.61. The molecule has 1 spiro atoms. The van der Waals surface area contributed by atoms with E-state index in [1.54, 1.807) is 30.3 Å². The first kappa shape index (κ1) is 19.8. The number of carbonyl (C=O) groups excluding carboxylic acids is 1. The summed E-state index contributed by atoms with van der Waals surface area (Å²) in [7, 11) is 1.96. The molecule has 2 aromatic rings. The fraction of sp³-hybridized carbons (Fsp3) is 0.381. The van der Waals surface area contributed by atoms with E-state index in [0.29, 0.717) is 48.6 Å². The number of halogens is 2. The smallest absolute Gasteiger partial charge is 0.342 e. The van der Waals surface area contributed by atoms with Crippen LogP contribution in [0.2, 0.25) is 10.0 Å². The Morgan fingerprint density at radius 2 is 2.03 bits per heavy atom. The number of likely N-dealkylation sites (N-methyl/N-ethyl adjacent to an activating group) is 1. The summed E-state index contributed by atoms with van der Waals surface area (Å²) in [5, 5.41) is 11.4. The van der Waals surface area contributed by atoms with Crippen molar-refractivity contribution in [1.29, 1.82) is 0 Å². The van der Waals surface area contributed by atoms with Gasteiger partial charge in [0.15, 0.2) is 5.75 Å². The van der Waals surface area contributed by atoms with Crippen LogP contribution in [-0.2, 0) is 16.0 Å². The molecule has 7 nitrogen and oxygen atoms in total. The van der Waals surface area contributed by atoms with E-state index in [1.165, 1.54) is 0 Å². The number of likely N-dealkylation sites (tertiary alicyclic amines) is 1. The van der Waals surface area contributed by atoms with Gasteiger partial charge in [-0.25, -0.2) is 4.79 Å². The highest BCUT2D eigenvalue weighted by Gasteiger charge is 2.53. The molecule has 0 aliphatic carbocycles. The van der Waals surface area contributed by atoms with Crippen LogP contribution in [0.1, 0.15) is 15.9 Å². The lowest BCUT2D eigenvalue weighted by Gasteiger charge is -2.44. The normalized spacial score (nSPS) is 19.8. The van der Waals surface area contributed by atoms with Gasteiger partial charge in [-0.05, 0) is 36.9 Å². The number of phenols is 1. The minimum atomic E-state index is -0.653. The lowest BCUT2D eigenvalue weighted by molar-refractivity contribution is -0.152. The van der Waals surface area contributed by atoms with Crippen molar-refractivity contribution in [2.24, 2.45) is 0 Å². The van der Waals surface area contributed by atoms with Crippen molar-refractivity contribution in [1.82, 2.24) is 4.90 Å². The van der Waals surface area contributed by atoms with Crippen LogP contribution >= 0.6 is 23.2 Å². The maximum absolute atomic E-state index is 12.4. The lowest BCUT2D eigenvalue weighted by atomic mass is 10.1. The fourth-order valence-electron chi connectivity index (χ4n) is 4.00. The van der Waals surface area contributed by atoms with Gasteiger partial charge in [-0.2, -0.15) is 0 Å². The van der Waals surface area contributed by atoms with Gasteiger partial charge in [0.05, 0.1) is 10.7 Å². The SMILES string of the molecule is CN1CC(OC(=O)c2ccc(CN3c4cc(Cl)cc(Cl)c4OC34COC4)cc2O)C1. The molecule has 2 fully saturated rings. The topological polar surface area (TPSA) is 71.5 Å².